The number of hydrogen-bond donors (Lipinski definition) is 2. The van der Waals surface area contributed by atoms with Crippen molar-refractivity contribution in [3.63, 3.8) is 0 Å². The second kappa shape index (κ2) is 4.90. The first-order valence-corrected chi connectivity index (χ1v) is 5.22. The molecule has 0 unspecified atom stereocenters. The molecule has 2 aromatic rings. The molecule has 0 amide bonds. The fourth-order valence-electron chi connectivity index (χ4n) is 1.55. The number of halogens is 3. The van der Waals surface area contributed by atoms with Crippen LogP contribution in [0.4, 0.5) is 30.2 Å². The summed E-state index contributed by atoms with van der Waals surface area (Å²) in [5, 5.41) is 11.5. The Balaban J connectivity index is 2.45. The Labute approximate surface area is 107 Å². The number of nitriles is 1. The van der Waals surface area contributed by atoms with Gasteiger partial charge in [-0.2, -0.15) is 5.26 Å². The normalized spacial score (nSPS) is 10.0. The van der Waals surface area contributed by atoms with E-state index in [4.69, 9.17) is 11.0 Å². The van der Waals surface area contributed by atoms with E-state index in [0.29, 0.717) is 6.07 Å². The second-order valence-electron chi connectivity index (χ2n) is 3.78. The van der Waals surface area contributed by atoms with Gasteiger partial charge in [0.25, 0.3) is 0 Å². The van der Waals surface area contributed by atoms with Crippen LogP contribution in [0, 0.1) is 28.8 Å². The van der Waals surface area contributed by atoms with Gasteiger partial charge in [-0.15, -0.1) is 0 Å². The van der Waals surface area contributed by atoms with Crippen molar-refractivity contribution in [2.75, 3.05) is 11.1 Å². The molecule has 96 valence electrons. The monoisotopic (exact) mass is 263 g/mol. The lowest BCUT2D eigenvalue weighted by Gasteiger charge is -2.11. The van der Waals surface area contributed by atoms with E-state index in [1.54, 1.807) is 6.07 Å². The molecule has 0 atom stereocenters. The minimum absolute atomic E-state index is 0.00377. The van der Waals surface area contributed by atoms with Gasteiger partial charge in [-0.25, -0.2) is 13.2 Å². The lowest BCUT2D eigenvalue weighted by atomic mass is 10.1. The van der Waals surface area contributed by atoms with E-state index in [2.05, 4.69) is 5.32 Å². The van der Waals surface area contributed by atoms with E-state index in [1.807, 2.05) is 0 Å². The van der Waals surface area contributed by atoms with Crippen LogP contribution in [0.1, 0.15) is 5.56 Å². The standard InChI is InChI=1S/C13H8F3N3/c14-8-1-2-11(7(3-8)6-17)19-12-5-9(15)4-10(16)13(12)18/h1-5,19H,18H2. The quantitative estimate of drug-likeness (QED) is 0.817. The Morgan fingerprint density at radius 3 is 2.42 bits per heavy atom. The Morgan fingerprint density at radius 2 is 1.74 bits per heavy atom. The van der Waals surface area contributed by atoms with Crippen LogP contribution in [0.15, 0.2) is 30.3 Å². The number of nitrogens with two attached hydrogens (primary N) is 1. The highest BCUT2D eigenvalue weighted by atomic mass is 19.1. The Hall–Kier alpha value is -2.68. The van der Waals surface area contributed by atoms with E-state index in [1.165, 1.54) is 6.07 Å². The highest BCUT2D eigenvalue weighted by molar-refractivity contribution is 5.75. The van der Waals surface area contributed by atoms with Gasteiger partial charge in [-0.1, -0.05) is 0 Å². The summed E-state index contributed by atoms with van der Waals surface area (Å²) in [4.78, 5) is 0. The molecule has 2 aromatic carbocycles. The fourth-order valence-corrected chi connectivity index (χ4v) is 1.55. The molecular formula is C13H8F3N3. The highest BCUT2D eigenvalue weighted by Gasteiger charge is 2.10. The largest absolute Gasteiger partial charge is 0.395 e. The maximum Gasteiger partial charge on any atom is 0.151 e. The van der Waals surface area contributed by atoms with Crippen LogP contribution in [0.2, 0.25) is 0 Å². The summed E-state index contributed by atoms with van der Waals surface area (Å²) >= 11 is 0. The number of anilines is 3. The molecule has 6 heteroatoms. The molecule has 0 fully saturated rings. The minimum Gasteiger partial charge on any atom is -0.395 e. The third kappa shape index (κ3) is 2.60. The summed E-state index contributed by atoms with van der Waals surface area (Å²) in [5.74, 6) is -2.31. The maximum atomic E-state index is 13.3. The molecule has 2 rings (SSSR count). The molecule has 0 saturated carbocycles. The first-order valence-electron chi connectivity index (χ1n) is 5.22. The molecule has 0 aliphatic carbocycles. The van der Waals surface area contributed by atoms with Crippen molar-refractivity contribution in [3.05, 3.63) is 53.3 Å². The Kier molecular flexibility index (Phi) is 3.29. The van der Waals surface area contributed by atoms with Crippen LogP contribution < -0.4 is 11.1 Å². The molecular weight excluding hydrogens is 255 g/mol. The number of nitrogens with zero attached hydrogens (tertiary/aromatic N) is 1. The maximum absolute atomic E-state index is 13.3. The lowest BCUT2D eigenvalue weighted by Crippen LogP contribution is -2.01. The van der Waals surface area contributed by atoms with Gasteiger partial charge < -0.3 is 11.1 Å². The average molecular weight is 263 g/mol. The zero-order valence-electron chi connectivity index (χ0n) is 9.55. The number of hydrogen-bond acceptors (Lipinski definition) is 3. The third-order valence-corrected chi connectivity index (χ3v) is 2.47. The van der Waals surface area contributed by atoms with Crippen LogP contribution in [0.3, 0.4) is 0 Å². The van der Waals surface area contributed by atoms with E-state index < -0.39 is 17.5 Å². The first kappa shape index (κ1) is 12.8. The number of nitrogen functional groups attached to an aromatic ring is 1. The van der Waals surface area contributed by atoms with Crippen LogP contribution in [0.5, 0.6) is 0 Å². The van der Waals surface area contributed by atoms with Crippen LogP contribution in [0.25, 0.3) is 0 Å². The van der Waals surface area contributed by atoms with Crippen molar-refractivity contribution >= 4 is 17.1 Å². The molecule has 0 saturated heterocycles. The van der Waals surface area contributed by atoms with E-state index >= 15 is 0 Å². The number of benzene rings is 2. The molecule has 3 nitrogen and oxygen atoms in total. The average Bonchev–Trinajstić information content (AvgIpc) is 2.37. The van der Waals surface area contributed by atoms with Crippen molar-refractivity contribution < 1.29 is 13.2 Å². The summed E-state index contributed by atoms with van der Waals surface area (Å²) in [6, 6.07) is 6.83. The van der Waals surface area contributed by atoms with Gasteiger partial charge >= 0.3 is 0 Å². The summed E-state index contributed by atoms with van der Waals surface area (Å²) in [6.07, 6.45) is 0. The van der Waals surface area contributed by atoms with Gasteiger partial charge in [-0.05, 0) is 24.3 Å². The lowest BCUT2D eigenvalue weighted by molar-refractivity contribution is 0.587. The zero-order valence-corrected chi connectivity index (χ0v) is 9.55. The van der Waals surface area contributed by atoms with Crippen LogP contribution in [-0.2, 0) is 0 Å². The van der Waals surface area contributed by atoms with Crippen LogP contribution in [-0.4, -0.2) is 0 Å². The molecule has 0 aliphatic heterocycles. The highest BCUT2D eigenvalue weighted by Crippen LogP contribution is 2.28. The van der Waals surface area contributed by atoms with Gasteiger partial charge in [0.05, 0.1) is 22.6 Å². The smallest absolute Gasteiger partial charge is 0.151 e. The van der Waals surface area contributed by atoms with Gasteiger partial charge in [0.2, 0.25) is 0 Å². The molecule has 0 heterocycles. The topological polar surface area (TPSA) is 61.8 Å². The summed E-state index contributed by atoms with van der Waals surface area (Å²) < 4.78 is 39.3. The van der Waals surface area contributed by atoms with Crippen molar-refractivity contribution in [1.29, 1.82) is 5.26 Å². The Morgan fingerprint density at radius 1 is 1.00 bits per heavy atom. The zero-order chi connectivity index (χ0) is 14.0. The Bertz CT molecular complexity index is 678. The predicted molar refractivity (Wildman–Crippen MR) is 65.2 cm³/mol. The van der Waals surface area contributed by atoms with Crippen molar-refractivity contribution in [3.8, 4) is 6.07 Å². The minimum atomic E-state index is -0.914. The summed E-state index contributed by atoms with van der Waals surface area (Å²) in [5.41, 5.74) is 5.36. The van der Waals surface area contributed by atoms with Gasteiger partial charge in [0.15, 0.2) is 5.82 Å². The van der Waals surface area contributed by atoms with E-state index in [0.717, 1.165) is 18.2 Å². The number of rotatable bonds is 2. The van der Waals surface area contributed by atoms with Gasteiger partial charge in [0.1, 0.15) is 17.7 Å². The molecule has 0 aliphatic rings. The molecule has 0 bridgehead atoms. The van der Waals surface area contributed by atoms with E-state index in [-0.39, 0.29) is 22.6 Å². The van der Waals surface area contributed by atoms with Crippen molar-refractivity contribution in [2.45, 2.75) is 0 Å². The van der Waals surface area contributed by atoms with Crippen molar-refractivity contribution in [1.82, 2.24) is 0 Å². The summed E-state index contributed by atoms with van der Waals surface area (Å²) in [7, 11) is 0. The third-order valence-electron chi connectivity index (χ3n) is 2.47. The molecule has 3 N–H and O–H groups in total. The molecule has 0 aromatic heterocycles. The second-order valence-corrected chi connectivity index (χ2v) is 3.78. The SMILES string of the molecule is N#Cc1cc(F)ccc1Nc1cc(F)cc(F)c1N. The number of nitrogens with one attached hydrogen (secondary N) is 1. The van der Waals surface area contributed by atoms with Gasteiger partial charge in [-0.3, -0.25) is 0 Å². The van der Waals surface area contributed by atoms with Gasteiger partial charge in [0, 0.05) is 6.07 Å². The first-order chi connectivity index (χ1) is 9.01. The molecule has 0 spiro atoms. The van der Waals surface area contributed by atoms with Crippen molar-refractivity contribution in [2.24, 2.45) is 0 Å². The summed E-state index contributed by atoms with van der Waals surface area (Å²) in [6.45, 7) is 0. The van der Waals surface area contributed by atoms with E-state index in [9.17, 15) is 13.2 Å². The molecule has 0 radical (unpaired) electrons. The fraction of sp³-hybridized carbons (Fsp3) is 0. The predicted octanol–water partition coefficient (Wildman–Crippen LogP) is 3.30. The molecule has 19 heavy (non-hydrogen) atoms. The van der Waals surface area contributed by atoms with Crippen LogP contribution >= 0.6 is 0 Å².